The molecule has 0 saturated carbocycles. The molecule has 0 radical (unpaired) electrons. The van der Waals surface area contributed by atoms with Crippen LogP contribution in [-0.2, 0) is 0 Å². The zero-order valence-electron chi connectivity index (χ0n) is 10.9. The van der Waals surface area contributed by atoms with Crippen LogP contribution >= 0.6 is 0 Å². The van der Waals surface area contributed by atoms with Gasteiger partial charge >= 0.3 is 0 Å². The van der Waals surface area contributed by atoms with Crippen LogP contribution in [0.4, 0.5) is 15.8 Å². The minimum atomic E-state index is -0.609. The predicted molar refractivity (Wildman–Crippen MR) is 74.2 cm³/mol. The van der Waals surface area contributed by atoms with Crippen LogP contribution < -0.4 is 15.8 Å². The molecule has 2 aromatic rings. The average Bonchev–Trinajstić information content (AvgIpc) is 2.43. The number of para-hydroxylation sites is 1. The Hall–Kier alpha value is -2.63. The SMILES string of the molecule is CCOc1c(N)cccc1C(=O)Nc1ccc(F)nc1. The van der Waals surface area contributed by atoms with Crippen LogP contribution in [0.15, 0.2) is 36.5 Å². The number of anilines is 2. The number of hydrogen-bond donors (Lipinski definition) is 2. The van der Waals surface area contributed by atoms with Crippen LogP contribution in [0, 0.1) is 5.95 Å². The highest BCUT2D eigenvalue weighted by molar-refractivity contribution is 6.07. The van der Waals surface area contributed by atoms with Crippen LogP contribution in [-0.4, -0.2) is 17.5 Å². The van der Waals surface area contributed by atoms with Gasteiger partial charge in [-0.25, -0.2) is 4.98 Å². The van der Waals surface area contributed by atoms with Crippen molar-refractivity contribution in [3.63, 3.8) is 0 Å². The van der Waals surface area contributed by atoms with Crippen LogP contribution in [0.1, 0.15) is 17.3 Å². The van der Waals surface area contributed by atoms with Crippen molar-refractivity contribution in [3.8, 4) is 5.75 Å². The summed E-state index contributed by atoms with van der Waals surface area (Å²) in [5.41, 5.74) is 6.88. The minimum Gasteiger partial charge on any atom is -0.491 e. The van der Waals surface area contributed by atoms with Gasteiger partial charge in [0, 0.05) is 0 Å². The highest BCUT2D eigenvalue weighted by atomic mass is 19.1. The zero-order valence-corrected chi connectivity index (χ0v) is 10.9. The topological polar surface area (TPSA) is 77.2 Å². The Morgan fingerprint density at radius 1 is 1.40 bits per heavy atom. The Bertz CT molecular complexity index is 614. The Balaban J connectivity index is 2.25. The second-order valence-corrected chi connectivity index (χ2v) is 3.98. The fraction of sp³-hybridized carbons (Fsp3) is 0.143. The van der Waals surface area contributed by atoms with E-state index in [1.165, 1.54) is 18.3 Å². The van der Waals surface area contributed by atoms with Crippen molar-refractivity contribution in [2.24, 2.45) is 0 Å². The van der Waals surface area contributed by atoms with Crippen molar-refractivity contribution in [2.75, 3.05) is 17.7 Å². The van der Waals surface area contributed by atoms with E-state index in [4.69, 9.17) is 10.5 Å². The summed E-state index contributed by atoms with van der Waals surface area (Å²) in [6.07, 6.45) is 1.24. The lowest BCUT2D eigenvalue weighted by molar-refractivity contribution is 0.102. The normalized spacial score (nSPS) is 10.1. The molecule has 1 aromatic carbocycles. The number of ether oxygens (including phenoxy) is 1. The van der Waals surface area contributed by atoms with Gasteiger partial charge < -0.3 is 15.8 Å². The smallest absolute Gasteiger partial charge is 0.259 e. The minimum absolute atomic E-state index is 0.316. The van der Waals surface area contributed by atoms with Crippen LogP contribution in [0.3, 0.4) is 0 Å². The van der Waals surface area contributed by atoms with Gasteiger partial charge in [0.05, 0.1) is 29.7 Å². The van der Waals surface area contributed by atoms with E-state index in [1.54, 1.807) is 25.1 Å². The number of carbonyl (C=O) groups is 1. The number of halogens is 1. The maximum absolute atomic E-state index is 12.7. The summed E-state index contributed by atoms with van der Waals surface area (Å²) in [6, 6.07) is 7.51. The van der Waals surface area contributed by atoms with Gasteiger partial charge in [0.25, 0.3) is 5.91 Å². The molecule has 0 fully saturated rings. The maximum atomic E-state index is 12.7. The molecule has 0 unspecified atom stereocenters. The number of nitrogen functional groups attached to an aromatic ring is 1. The Morgan fingerprint density at radius 2 is 2.20 bits per heavy atom. The lowest BCUT2D eigenvalue weighted by Gasteiger charge is -2.12. The molecule has 2 rings (SSSR count). The van der Waals surface area contributed by atoms with E-state index in [2.05, 4.69) is 10.3 Å². The van der Waals surface area contributed by atoms with Crippen molar-refractivity contribution in [1.82, 2.24) is 4.98 Å². The van der Waals surface area contributed by atoms with Crippen molar-refractivity contribution in [1.29, 1.82) is 0 Å². The number of nitrogens with zero attached hydrogens (tertiary/aromatic N) is 1. The summed E-state index contributed by atoms with van der Waals surface area (Å²) in [7, 11) is 0. The van der Waals surface area contributed by atoms with Gasteiger partial charge in [0.1, 0.15) is 0 Å². The molecule has 0 aliphatic carbocycles. The number of amides is 1. The van der Waals surface area contributed by atoms with E-state index in [0.717, 1.165) is 0 Å². The first-order valence-electron chi connectivity index (χ1n) is 6.06. The molecule has 5 nitrogen and oxygen atoms in total. The van der Waals surface area contributed by atoms with E-state index < -0.39 is 11.9 Å². The number of nitrogens with one attached hydrogen (secondary N) is 1. The van der Waals surface area contributed by atoms with Gasteiger partial charge in [-0.3, -0.25) is 4.79 Å². The molecule has 1 heterocycles. The Morgan fingerprint density at radius 3 is 2.85 bits per heavy atom. The first-order chi connectivity index (χ1) is 9.61. The van der Waals surface area contributed by atoms with Crippen LogP contribution in [0.2, 0.25) is 0 Å². The van der Waals surface area contributed by atoms with Crippen molar-refractivity contribution < 1.29 is 13.9 Å². The van der Waals surface area contributed by atoms with E-state index in [1.807, 2.05) is 0 Å². The number of hydrogen-bond acceptors (Lipinski definition) is 4. The molecule has 1 amide bonds. The summed E-state index contributed by atoms with van der Waals surface area (Å²) in [6.45, 7) is 2.20. The van der Waals surface area contributed by atoms with Gasteiger partial charge in [-0.15, -0.1) is 0 Å². The van der Waals surface area contributed by atoms with E-state index in [9.17, 15) is 9.18 Å². The number of carbonyl (C=O) groups excluding carboxylic acids is 1. The van der Waals surface area contributed by atoms with Gasteiger partial charge in [0.15, 0.2) is 5.75 Å². The molecule has 0 atom stereocenters. The predicted octanol–water partition coefficient (Wildman–Crippen LogP) is 2.45. The van der Waals surface area contributed by atoms with E-state index in [0.29, 0.717) is 29.3 Å². The Labute approximate surface area is 115 Å². The summed E-state index contributed by atoms with van der Waals surface area (Å²) in [5, 5.41) is 2.61. The van der Waals surface area contributed by atoms with Gasteiger partial charge in [-0.2, -0.15) is 4.39 Å². The van der Waals surface area contributed by atoms with Crippen molar-refractivity contribution in [3.05, 3.63) is 48.0 Å². The molecule has 3 N–H and O–H groups in total. The average molecular weight is 275 g/mol. The maximum Gasteiger partial charge on any atom is 0.259 e. The highest BCUT2D eigenvalue weighted by Gasteiger charge is 2.15. The first kappa shape index (κ1) is 13.8. The third-order valence-electron chi connectivity index (χ3n) is 2.56. The summed E-state index contributed by atoms with van der Waals surface area (Å²) in [5.74, 6) is -0.668. The number of benzene rings is 1. The first-order valence-corrected chi connectivity index (χ1v) is 6.06. The molecule has 0 aliphatic heterocycles. The van der Waals surface area contributed by atoms with Gasteiger partial charge in [-0.05, 0) is 31.2 Å². The fourth-order valence-corrected chi connectivity index (χ4v) is 1.69. The van der Waals surface area contributed by atoms with Gasteiger partial charge in [-0.1, -0.05) is 6.07 Å². The van der Waals surface area contributed by atoms with Crippen molar-refractivity contribution in [2.45, 2.75) is 6.92 Å². The number of nitrogens with two attached hydrogens (primary N) is 1. The second kappa shape index (κ2) is 6.01. The molecule has 0 saturated heterocycles. The fourth-order valence-electron chi connectivity index (χ4n) is 1.69. The number of pyridine rings is 1. The molecule has 0 spiro atoms. The molecular formula is C14H14FN3O2. The largest absolute Gasteiger partial charge is 0.491 e. The molecular weight excluding hydrogens is 261 g/mol. The highest BCUT2D eigenvalue weighted by Crippen LogP contribution is 2.27. The van der Waals surface area contributed by atoms with E-state index in [-0.39, 0.29) is 0 Å². The lowest BCUT2D eigenvalue weighted by Crippen LogP contribution is -2.14. The molecule has 0 aliphatic rings. The van der Waals surface area contributed by atoms with Crippen molar-refractivity contribution >= 4 is 17.3 Å². The summed E-state index contributed by atoms with van der Waals surface area (Å²) in [4.78, 5) is 15.6. The molecule has 20 heavy (non-hydrogen) atoms. The lowest BCUT2D eigenvalue weighted by atomic mass is 10.1. The summed E-state index contributed by atoms with van der Waals surface area (Å²) >= 11 is 0. The third kappa shape index (κ3) is 3.03. The quantitative estimate of drug-likeness (QED) is 0.663. The molecule has 104 valence electrons. The molecule has 0 bridgehead atoms. The number of rotatable bonds is 4. The Kier molecular flexibility index (Phi) is 4.14. The van der Waals surface area contributed by atoms with Crippen LogP contribution in [0.25, 0.3) is 0 Å². The summed E-state index contributed by atoms with van der Waals surface area (Å²) < 4.78 is 18.1. The van der Waals surface area contributed by atoms with Gasteiger partial charge in [0.2, 0.25) is 5.95 Å². The monoisotopic (exact) mass is 275 g/mol. The van der Waals surface area contributed by atoms with Crippen LogP contribution in [0.5, 0.6) is 5.75 Å². The second-order valence-electron chi connectivity index (χ2n) is 3.98. The molecule has 6 heteroatoms. The zero-order chi connectivity index (χ0) is 14.5. The standard InChI is InChI=1S/C14H14FN3O2/c1-2-20-13-10(4-3-5-11(13)16)14(19)18-9-6-7-12(15)17-8-9/h3-8H,2,16H2,1H3,(H,18,19). The third-order valence-corrected chi connectivity index (χ3v) is 2.56. The molecule has 1 aromatic heterocycles. The van der Waals surface area contributed by atoms with E-state index >= 15 is 0 Å². The number of aromatic nitrogens is 1.